The molecule has 1 heterocycles. The average molecular weight is 515 g/mol. The Morgan fingerprint density at radius 1 is 0.971 bits per heavy atom. The summed E-state index contributed by atoms with van der Waals surface area (Å²) in [6, 6.07) is 10.5. The van der Waals surface area contributed by atoms with E-state index < -0.39 is 17.7 Å². The van der Waals surface area contributed by atoms with Crippen molar-refractivity contribution in [3.8, 4) is 5.75 Å². The van der Waals surface area contributed by atoms with Crippen LogP contribution in [-0.2, 0) is 6.42 Å². The van der Waals surface area contributed by atoms with Gasteiger partial charge in [0.1, 0.15) is 11.5 Å². The molecule has 0 atom stereocenters. The van der Waals surface area contributed by atoms with Crippen LogP contribution in [0.25, 0.3) is 0 Å². The number of hydrogen-bond acceptors (Lipinski definition) is 6. The minimum Gasteiger partial charge on any atom is -0.507 e. The minimum atomic E-state index is -0.659. The maximum Gasteiger partial charge on any atom is 0.305 e. The molecule has 0 saturated carbocycles. The number of furan rings is 1. The third-order valence-electron chi connectivity index (χ3n) is 5.44. The fourth-order valence-corrected chi connectivity index (χ4v) is 4.25. The highest BCUT2D eigenvalue weighted by Gasteiger charge is 2.28. The zero-order valence-corrected chi connectivity index (χ0v) is 20.0. The van der Waals surface area contributed by atoms with Gasteiger partial charge in [0.05, 0.1) is 21.9 Å². The van der Waals surface area contributed by atoms with Crippen molar-refractivity contribution in [1.82, 2.24) is 16.3 Å². The number of hydrazine groups is 1. The summed E-state index contributed by atoms with van der Waals surface area (Å²) in [7, 11) is 0. The number of benzene rings is 2. The van der Waals surface area contributed by atoms with Crippen LogP contribution >= 0.6 is 23.2 Å². The van der Waals surface area contributed by atoms with Crippen molar-refractivity contribution in [1.29, 1.82) is 0 Å². The van der Waals surface area contributed by atoms with Crippen LogP contribution < -0.4 is 16.3 Å². The summed E-state index contributed by atoms with van der Waals surface area (Å²) in [5.74, 6) is -1.43. The van der Waals surface area contributed by atoms with Gasteiger partial charge < -0.3 is 9.52 Å². The number of carbonyl (C=O) groups is 3. The number of carbonyl (C=O) groups excluding carboxylic acids is 3. The van der Waals surface area contributed by atoms with Crippen LogP contribution in [0.2, 0.25) is 10.0 Å². The Balaban J connectivity index is 1.49. The van der Waals surface area contributed by atoms with Crippen molar-refractivity contribution in [2.45, 2.75) is 26.2 Å². The van der Waals surface area contributed by atoms with Crippen molar-refractivity contribution >= 4 is 46.6 Å². The van der Waals surface area contributed by atoms with E-state index in [0.717, 1.165) is 0 Å². The number of aromatic hydroxyl groups is 1. The quantitative estimate of drug-likeness (QED) is 0.388. The molecule has 4 N–H and O–H groups in total. The highest BCUT2D eigenvalue weighted by Crippen LogP contribution is 2.30. The number of hydrazone groups is 1. The number of hydrogen-bond donors (Lipinski definition) is 4. The maximum absolute atomic E-state index is 12.7. The molecular weight excluding hydrogens is 495 g/mol. The van der Waals surface area contributed by atoms with E-state index in [1.54, 1.807) is 19.1 Å². The molecule has 0 aliphatic heterocycles. The SMILES string of the molecule is Cc1c(C(=O)NNC(=O)c2ccc(Cl)cc2Cl)oc2c1/C(=N/NC(=O)c1ccccc1O)CCC2. The summed E-state index contributed by atoms with van der Waals surface area (Å²) in [6.45, 7) is 1.70. The molecule has 0 spiro atoms. The molecule has 180 valence electrons. The van der Waals surface area contributed by atoms with E-state index in [0.29, 0.717) is 46.9 Å². The Hall–Kier alpha value is -3.82. The fraction of sp³-hybridized carbons (Fsp3) is 0.167. The molecule has 1 aromatic heterocycles. The summed E-state index contributed by atoms with van der Waals surface area (Å²) in [5.41, 5.74) is 9.01. The van der Waals surface area contributed by atoms with E-state index in [-0.39, 0.29) is 27.7 Å². The van der Waals surface area contributed by atoms with E-state index in [4.69, 9.17) is 27.6 Å². The summed E-state index contributed by atoms with van der Waals surface area (Å²) in [6.07, 6.45) is 1.85. The molecule has 9 nitrogen and oxygen atoms in total. The first-order chi connectivity index (χ1) is 16.8. The number of halogens is 2. The average Bonchev–Trinajstić information content (AvgIpc) is 3.18. The molecule has 2 aromatic carbocycles. The van der Waals surface area contributed by atoms with Crippen LogP contribution in [0.1, 0.15) is 61.0 Å². The largest absolute Gasteiger partial charge is 0.507 e. The summed E-state index contributed by atoms with van der Waals surface area (Å²) in [4.78, 5) is 37.5. The molecule has 4 rings (SSSR count). The van der Waals surface area contributed by atoms with Gasteiger partial charge in [-0.25, -0.2) is 5.43 Å². The Labute approximate surface area is 210 Å². The number of phenolic OH excluding ortho intramolecular Hbond substituents is 1. The number of fused-ring (bicyclic) bond motifs is 1. The van der Waals surface area contributed by atoms with Crippen molar-refractivity contribution in [2.75, 3.05) is 0 Å². The normalized spacial score (nSPS) is 13.7. The van der Waals surface area contributed by atoms with E-state index in [2.05, 4.69) is 21.4 Å². The molecule has 35 heavy (non-hydrogen) atoms. The van der Waals surface area contributed by atoms with Gasteiger partial charge in [0, 0.05) is 22.6 Å². The third-order valence-corrected chi connectivity index (χ3v) is 5.99. The van der Waals surface area contributed by atoms with E-state index in [9.17, 15) is 19.5 Å². The molecule has 1 aliphatic carbocycles. The molecule has 11 heteroatoms. The lowest BCUT2D eigenvalue weighted by atomic mass is 9.93. The summed E-state index contributed by atoms with van der Waals surface area (Å²) in [5, 5.41) is 14.6. The lowest BCUT2D eigenvalue weighted by Crippen LogP contribution is -2.41. The molecule has 0 fully saturated rings. The van der Waals surface area contributed by atoms with Gasteiger partial charge in [0.25, 0.3) is 11.8 Å². The Morgan fingerprint density at radius 3 is 2.46 bits per heavy atom. The standard InChI is InChI=1S/C24H20Cl2N4O5/c1-12-20-17(27-28-23(33)15-5-2-3-7-18(15)31)6-4-8-19(20)35-21(12)24(34)30-29-22(32)14-10-9-13(25)11-16(14)26/h2-3,5,7,9-11,31H,4,6,8H2,1H3,(H,28,33)(H,29,32)(H,30,34)/b27-17+. The van der Waals surface area contributed by atoms with Gasteiger partial charge in [-0.3, -0.25) is 25.2 Å². The van der Waals surface area contributed by atoms with Crippen molar-refractivity contribution in [2.24, 2.45) is 5.10 Å². The zero-order valence-electron chi connectivity index (χ0n) is 18.4. The zero-order chi connectivity index (χ0) is 25.1. The van der Waals surface area contributed by atoms with Crippen LogP contribution in [0.4, 0.5) is 0 Å². The first kappa shape index (κ1) is 24.3. The molecule has 0 bridgehead atoms. The summed E-state index contributed by atoms with van der Waals surface area (Å²) < 4.78 is 5.78. The van der Waals surface area contributed by atoms with Gasteiger partial charge in [0.2, 0.25) is 0 Å². The van der Waals surface area contributed by atoms with Crippen LogP contribution in [-0.4, -0.2) is 28.5 Å². The van der Waals surface area contributed by atoms with Gasteiger partial charge in [-0.15, -0.1) is 0 Å². The first-order valence-corrected chi connectivity index (χ1v) is 11.3. The molecule has 1 aliphatic rings. The van der Waals surface area contributed by atoms with Gasteiger partial charge >= 0.3 is 5.91 Å². The number of amides is 3. The van der Waals surface area contributed by atoms with E-state index in [1.807, 2.05) is 0 Å². The predicted octanol–water partition coefficient (Wildman–Crippen LogP) is 4.15. The topological polar surface area (TPSA) is 133 Å². The molecular formula is C24H20Cl2N4O5. The lowest BCUT2D eigenvalue weighted by molar-refractivity contribution is 0.0829. The second kappa shape index (κ2) is 10.2. The number of rotatable bonds is 4. The number of nitrogens with zero attached hydrogens (tertiary/aromatic N) is 1. The van der Waals surface area contributed by atoms with Crippen LogP contribution in [0.15, 0.2) is 52.0 Å². The Kier molecular flexibility index (Phi) is 7.09. The molecule has 0 unspecified atom stereocenters. The maximum atomic E-state index is 12.7. The fourth-order valence-electron chi connectivity index (χ4n) is 3.75. The second-order valence-corrected chi connectivity index (χ2v) is 8.60. The van der Waals surface area contributed by atoms with E-state index in [1.165, 1.54) is 30.3 Å². The van der Waals surface area contributed by atoms with Gasteiger partial charge in [-0.2, -0.15) is 5.10 Å². The van der Waals surface area contributed by atoms with Crippen LogP contribution in [0.5, 0.6) is 5.75 Å². The first-order valence-electron chi connectivity index (χ1n) is 10.6. The molecule has 0 radical (unpaired) electrons. The van der Waals surface area contributed by atoms with Gasteiger partial charge in [-0.05, 0) is 50.1 Å². The van der Waals surface area contributed by atoms with E-state index >= 15 is 0 Å². The highest BCUT2D eigenvalue weighted by molar-refractivity contribution is 6.36. The summed E-state index contributed by atoms with van der Waals surface area (Å²) >= 11 is 11.9. The monoisotopic (exact) mass is 514 g/mol. The number of phenols is 1. The van der Waals surface area contributed by atoms with Gasteiger partial charge in [0.15, 0.2) is 5.76 Å². The molecule has 3 aromatic rings. The van der Waals surface area contributed by atoms with Crippen molar-refractivity contribution in [3.63, 3.8) is 0 Å². The smallest absolute Gasteiger partial charge is 0.305 e. The number of para-hydroxylation sites is 1. The van der Waals surface area contributed by atoms with Gasteiger partial charge in [-0.1, -0.05) is 35.3 Å². The lowest BCUT2D eigenvalue weighted by Gasteiger charge is -2.13. The second-order valence-electron chi connectivity index (χ2n) is 7.76. The van der Waals surface area contributed by atoms with Crippen molar-refractivity contribution < 1.29 is 23.9 Å². The predicted molar refractivity (Wildman–Crippen MR) is 130 cm³/mol. The minimum absolute atomic E-state index is 0.0131. The number of nitrogens with one attached hydrogen (secondary N) is 3. The Bertz CT molecular complexity index is 1370. The Morgan fingerprint density at radius 2 is 1.71 bits per heavy atom. The van der Waals surface area contributed by atoms with Crippen LogP contribution in [0.3, 0.4) is 0 Å². The number of aryl methyl sites for hydroxylation is 1. The van der Waals surface area contributed by atoms with Crippen LogP contribution in [0, 0.1) is 6.92 Å². The highest BCUT2D eigenvalue weighted by atomic mass is 35.5. The molecule has 0 saturated heterocycles. The third kappa shape index (κ3) is 5.16. The molecule has 3 amide bonds. The van der Waals surface area contributed by atoms with Crippen molar-refractivity contribution in [3.05, 3.63) is 86.3 Å².